The van der Waals surface area contributed by atoms with Crippen LogP contribution in [0.4, 0.5) is 5.69 Å². The monoisotopic (exact) mass is 276 g/mol. The van der Waals surface area contributed by atoms with E-state index in [4.69, 9.17) is 0 Å². The lowest BCUT2D eigenvalue weighted by molar-refractivity contribution is -0.123. The summed E-state index contributed by atoms with van der Waals surface area (Å²) in [4.78, 5) is 27.6. The second kappa shape index (κ2) is 4.74. The van der Waals surface area contributed by atoms with Crippen LogP contribution in [0.15, 0.2) is 12.1 Å². The zero-order valence-corrected chi connectivity index (χ0v) is 12.2. The third-order valence-electron chi connectivity index (χ3n) is 2.75. The predicted octanol–water partition coefficient (Wildman–Crippen LogP) is 3.40. The molecule has 0 radical (unpaired) electrons. The molecule has 0 aliphatic rings. The number of anilines is 1. The largest absolute Gasteiger partial charge is 0.323 e. The highest BCUT2D eigenvalue weighted by Crippen LogP contribution is 2.31. The second-order valence-corrected chi connectivity index (χ2v) is 6.67. The maximum absolute atomic E-state index is 12.1. The molecule has 0 bridgehead atoms. The van der Waals surface area contributed by atoms with E-state index < -0.39 is 5.41 Å². The number of aryl methyl sites for hydroxylation is 1. The Morgan fingerprint density at radius 3 is 2.63 bits per heavy atom. The number of fused-ring (bicyclic) bond motifs is 1. The Labute approximate surface area is 115 Å². The molecule has 0 saturated carbocycles. The molecule has 0 aliphatic carbocycles. The van der Waals surface area contributed by atoms with Crippen LogP contribution in [0.25, 0.3) is 10.2 Å². The van der Waals surface area contributed by atoms with Crippen molar-refractivity contribution < 1.29 is 9.59 Å². The molecule has 5 heteroatoms. The van der Waals surface area contributed by atoms with E-state index in [1.807, 2.05) is 33.8 Å². The second-order valence-electron chi connectivity index (χ2n) is 5.43. The van der Waals surface area contributed by atoms with Crippen molar-refractivity contribution in [3.05, 3.63) is 22.7 Å². The van der Waals surface area contributed by atoms with Gasteiger partial charge in [-0.3, -0.25) is 9.59 Å². The van der Waals surface area contributed by atoms with Crippen LogP contribution in [0.5, 0.6) is 0 Å². The first-order chi connectivity index (χ1) is 8.82. The molecule has 2 aromatic rings. The number of benzene rings is 1. The summed E-state index contributed by atoms with van der Waals surface area (Å²) in [6, 6.07) is 3.57. The Bertz CT molecular complexity index is 653. The van der Waals surface area contributed by atoms with Crippen molar-refractivity contribution >= 4 is 39.4 Å². The van der Waals surface area contributed by atoms with Gasteiger partial charge in [-0.2, -0.15) is 0 Å². The quantitative estimate of drug-likeness (QED) is 0.855. The highest BCUT2D eigenvalue weighted by atomic mass is 32.1. The number of carbonyl (C=O) groups excluding carboxylic acids is 2. The Hall–Kier alpha value is -1.75. The summed E-state index contributed by atoms with van der Waals surface area (Å²) in [6.45, 7) is 7.39. The van der Waals surface area contributed by atoms with Gasteiger partial charge >= 0.3 is 0 Å². The third-order valence-corrected chi connectivity index (χ3v) is 3.68. The SMILES string of the molecule is Cc1nc2c(NC(=O)C(C)(C)C)c(C=O)ccc2s1. The molecule has 0 spiro atoms. The highest BCUT2D eigenvalue weighted by molar-refractivity contribution is 7.18. The van der Waals surface area contributed by atoms with Crippen LogP contribution in [-0.2, 0) is 4.79 Å². The van der Waals surface area contributed by atoms with E-state index in [9.17, 15) is 9.59 Å². The van der Waals surface area contributed by atoms with E-state index in [0.717, 1.165) is 16.0 Å². The van der Waals surface area contributed by atoms with Gasteiger partial charge in [0.15, 0.2) is 6.29 Å². The molecular weight excluding hydrogens is 260 g/mol. The summed E-state index contributed by atoms with van der Waals surface area (Å²) in [5, 5.41) is 3.74. The van der Waals surface area contributed by atoms with Crippen molar-refractivity contribution in [2.75, 3.05) is 5.32 Å². The zero-order valence-electron chi connectivity index (χ0n) is 11.4. The number of thiazole rings is 1. The molecule has 1 heterocycles. The van der Waals surface area contributed by atoms with Crippen LogP contribution in [0.3, 0.4) is 0 Å². The Kier molecular flexibility index (Phi) is 3.41. The molecule has 0 fully saturated rings. The first-order valence-electron chi connectivity index (χ1n) is 5.99. The molecule has 2 rings (SSSR count). The van der Waals surface area contributed by atoms with Gasteiger partial charge in [0.2, 0.25) is 5.91 Å². The van der Waals surface area contributed by atoms with Gasteiger partial charge in [0.1, 0.15) is 5.52 Å². The lowest BCUT2D eigenvalue weighted by atomic mass is 9.95. The minimum atomic E-state index is -0.520. The van der Waals surface area contributed by atoms with Gasteiger partial charge in [-0.25, -0.2) is 4.98 Å². The number of hydrogen-bond donors (Lipinski definition) is 1. The minimum Gasteiger partial charge on any atom is -0.323 e. The molecule has 1 aromatic heterocycles. The fraction of sp³-hybridized carbons (Fsp3) is 0.357. The van der Waals surface area contributed by atoms with Crippen molar-refractivity contribution in [1.82, 2.24) is 4.98 Å². The number of carbonyl (C=O) groups is 2. The summed E-state index contributed by atoms with van der Waals surface area (Å²) in [5.41, 5.74) is 1.13. The Balaban J connectivity index is 2.56. The lowest BCUT2D eigenvalue weighted by Crippen LogP contribution is -2.28. The fourth-order valence-corrected chi connectivity index (χ4v) is 2.49. The number of amides is 1. The topological polar surface area (TPSA) is 59.1 Å². The summed E-state index contributed by atoms with van der Waals surface area (Å²) < 4.78 is 0.965. The molecule has 19 heavy (non-hydrogen) atoms. The molecule has 4 nitrogen and oxygen atoms in total. The van der Waals surface area contributed by atoms with E-state index in [1.165, 1.54) is 0 Å². The van der Waals surface area contributed by atoms with Crippen molar-refractivity contribution in [1.29, 1.82) is 0 Å². The van der Waals surface area contributed by atoms with Crippen molar-refractivity contribution in [2.24, 2.45) is 5.41 Å². The van der Waals surface area contributed by atoms with Crippen LogP contribution in [0.2, 0.25) is 0 Å². The molecule has 1 aromatic carbocycles. The maximum atomic E-state index is 12.1. The zero-order chi connectivity index (χ0) is 14.2. The van der Waals surface area contributed by atoms with Gasteiger partial charge in [0.25, 0.3) is 0 Å². The number of aldehydes is 1. The van der Waals surface area contributed by atoms with E-state index in [2.05, 4.69) is 10.3 Å². The molecule has 1 amide bonds. The van der Waals surface area contributed by atoms with Crippen LogP contribution < -0.4 is 5.32 Å². The smallest absolute Gasteiger partial charge is 0.229 e. The number of hydrogen-bond acceptors (Lipinski definition) is 4. The average Bonchev–Trinajstić information content (AvgIpc) is 2.69. The number of aromatic nitrogens is 1. The first-order valence-corrected chi connectivity index (χ1v) is 6.81. The van der Waals surface area contributed by atoms with E-state index in [-0.39, 0.29) is 5.91 Å². The lowest BCUT2D eigenvalue weighted by Gasteiger charge is -2.18. The van der Waals surface area contributed by atoms with Crippen molar-refractivity contribution in [2.45, 2.75) is 27.7 Å². The fourth-order valence-electron chi connectivity index (χ4n) is 1.65. The van der Waals surface area contributed by atoms with Crippen LogP contribution in [-0.4, -0.2) is 17.2 Å². The molecular formula is C14H16N2O2S. The molecule has 0 saturated heterocycles. The van der Waals surface area contributed by atoms with Gasteiger partial charge in [0, 0.05) is 11.0 Å². The maximum Gasteiger partial charge on any atom is 0.229 e. The van der Waals surface area contributed by atoms with Crippen molar-refractivity contribution in [3.63, 3.8) is 0 Å². The molecule has 0 atom stereocenters. The number of nitrogens with one attached hydrogen (secondary N) is 1. The predicted molar refractivity (Wildman–Crippen MR) is 77.8 cm³/mol. The van der Waals surface area contributed by atoms with Gasteiger partial charge in [0.05, 0.1) is 15.4 Å². The average molecular weight is 276 g/mol. The molecule has 0 unspecified atom stereocenters. The van der Waals surface area contributed by atoms with Gasteiger partial charge in [-0.15, -0.1) is 11.3 Å². The van der Waals surface area contributed by atoms with Gasteiger partial charge < -0.3 is 5.32 Å². The molecule has 1 N–H and O–H groups in total. The Morgan fingerprint density at radius 2 is 2.05 bits per heavy atom. The van der Waals surface area contributed by atoms with E-state index in [0.29, 0.717) is 16.8 Å². The van der Waals surface area contributed by atoms with E-state index in [1.54, 1.807) is 17.4 Å². The normalized spacial score (nSPS) is 11.6. The third kappa shape index (κ3) is 2.66. The number of nitrogens with zero attached hydrogens (tertiary/aromatic N) is 1. The van der Waals surface area contributed by atoms with Gasteiger partial charge in [-0.05, 0) is 19.1 Å². The summed E-state index contributed by atoms with van der Waals surface area (Å²) in [5.74, 6) is -0.131. The standard InChI is InChI=1S/C14H16N2O2S/c1-8-15-12-10(19-8)6-5-9(7-17)11(12)16-13(18)14(2,3)4/h5-7H,1-4H3,(H,16,18). The molecule has 0 aliphatic heterocycles. The Morgan fingerprint density at radius 1 is 1.37 bits per heavy atom. The summed E-state index contributed by atoms with van der Waals surface area (Å²) in [7, 11) is 0. The summed E-state index contributed by atoms with van der Waals surface area (Å²) in [6.07, 6.45) is 0.742. The first kappa shape index (κ1) is 13.7. The summed E-state index contributed by atoms with van der Waals surface area (Å²) >= 11 is 1.54. The van der Waals surface area contributed by atoms with E-state index >= 15 is 0 Å². The van der Waals surface area contributed by atoms with Crippen LogP contribution in [0.1, 0.15) is 36.1 Å². The number of rotatable bonds is 2. The minimum absolute atomic E-state index is 0.131. The highest BCUT2D eigenvalue weighted by Gasteiger charge is 2.23. The van der Waals surface area contributed by atoms with Crippen LogP contribution >= 0.6 is 11.3 Å². The molecule has 100 valence electrons. The van der Waals surface area contributed by atoms with Gasteiger partial charge in [-0.1, -0.05) is 20.8 Å². The van der Waals surface area contributed by atoms with Crippen molar-refractivity contribution in [3.8, 4) is 0 Å². The van der Waals surface area contributed by atoms with Crippen LogP contribution in [0, 0.1) is 12.3 Å².